The van der Waals surface area contributed by atoms with Gasteiger partial charge in [-0.2, -0.15) is 0 Å². The lowest BCUT2D eigenvalue weighted by Crippen LogP contribution is -2.20. The van der Waals surface area contributed by atoms with Crippen LogP contribution in [0.25, 0.3) is 0 Å². The van der Waals surface area contributed by atoms with Gasteiger partial charge in [-0.25, -0.2) is 0 Å². The van der Waals surface area contributed by atoms with Gasteiger partial charge in [0.1, 0.15) is 12.4 Å². The zero-order valence-corrected chi connectivity index (χ0v) is 18.1. The molecule has 1 amide bonds. The van der Waals surface area contributed by atoms with Crippen molar-refractivity contribution < 1.29 is 19.0 Å². The summed E-state index contributed by atoms with van der Waals surface area (Å²) in [6.45, 7) is 0.0378. The van der Waals surface area contributed by atoms with Crippen molar-refractivity contribution >= 4 is 46.4 Å². The second-order valence-corrected chi connectivity index (χ2v) is 7.27. The Labute approximate surface area is 188 Å². The zero-order chi connectivity index (χ0) is 21.5. The van der Waals surface area contributed by atoms with Gasteiger partial charge in [-0.05, 0) is 24.3 Å². The first-order valence-electron chi connectivity index (χ1n) is 8.73. The van der Waals surface area contributed by atoms with Crippen LogP contribution in [0.15, 0.2) is 54.9 Å². The third kappa shape index (κ3) is 5.92. The van der Waals surface area contributed by atoms with Crippen LogP contribution in [-0.4, -0.2) is 24.6 Å². The maximum Gasteiger partial charge on any atom is 0.262 e. The van der Waals surface area contributed by atoms with E-state index in [0.29, 0.717) is 28.8 Å². The lowest BCUT2D eigenvalue weighted by molar-refractivity contribution is -0.118. The fourth-order valence-corrected chi connectivity index (χ4v) is 3.06. The molecule has 0 unspecified atom stereocenters. The number of carbonyl (C=O) groups excluding carboxylic acids is 1. The number of rotatable bonds is 8. The van der Waals surface area contributed by atoms with Crippen LogP contribution in [0.3, 0.4) is 0 Å². The molecule has 0 fully saturated rings. The summed E-state index contributed by atoms with van der Waals surface area (Å²) in [5.74, 6) is 0.889. The Morgan fingerprint density at radius 1 is 0.967 bits per heavy atom. The number of pyridine rings is 1. The molecule has 30 heavy (non-hydrogen) atoms. The average molecular weight is 468 g/mol. The Balaban J connectivity index is 1.63. The second-order valence-electron chi connectivity index (χ2n) is 6.05. The molecule has 0 saturated carbocycles. The van der Waals surface area contributed by atoms with Gasteiger partial charge in [0.05, 0.1) is 22.2 Å². The molecule has 0 saturated heterocycles. The lowest BCUT2D eigenvalue weighted by atomic mass is 10.2. The van der Waals surface area contributed by atoms with E-state index < -0.39 is 0 Å². The van der Waals surface area contributed by atoms with Gasteiger partial charge in [0.25, 0.3) is 5.91 Å². The first-order valence-corrected chi connectivity index (χ1v) is 9.86. The summed E-state index contributed by atoms with van der Waals surface area (Å²) in [6, 6.07) is 11.7. The normalized spacial score (nSPS) is 10.4. The molecular formula is C21H17Cl3N2O4. The number of halogens is 3. The lowest BCUT2D eigenvalue weighted by Gasteiger charge is -2.13. The third-order valence-electron chi connectivity index (χ3n) is 3.90. The summed E-state index contributed by atoms with van der Waals surface area (Å²) in [5, 5.41) is 3.57. The van der Waals surface area contributed by atoms with E-state index in [4.69, 9.17) is 49.0 Å². The minimum Gasteiger partial charge on any atom is -0.493 e. The summed E-state index contributed by atoms with van der Waals surface area (Å²) >= 11 is 17.9. The van der Waals surface area contributed by atoms with E-state index in [1.807, 2.05) is 12.1 Å². The van der Waals surface area contributed by atoms with Crippen molar-refractivity contribution in [2.75, 3.05) is 19.0 Å². The van der Waals surface area contributed by atoms with Crippen LogP contribution >= 0.6 is 34.8 Å². The highest BCUT2D eigenvalue weighted by Gasteiger charge is 2.12. The van der Waals surface area contributed by atoms with E-state index in [2.05, 4.69) is 10.3 Å². The van der Waals surface area contributed by atoms with E-state index in [9.17, 15) is 4.79 Å². The van der Waals surface area contributed by atoms with Crippen LogP contribution in [0.5, 0.6) is 17.2 Å². The number of anilines is 1. The Morgan fingerprint density at radius 3 is 2.50 bits per heavy atom. The summed E-state index contributed by atoms with van der Waals surface area (Å²) in [5.41, 5.74) is 1.42. The van der Waals surface area contributed by atoms with E-state index in [0.717, 1.165) is 5.56 Å². The largest absolute Gasteiger partial charge is 0.493 e. The molecule has 156 valence electrons. The van der Waals surface area contributed by atoms with Crippen LogP contribution in [-0.2, 0) is 11.4 Å². The molecule has 0 bridgehead atoms. The third-order valence-corrected chi connectivity index (χ3v) is 4.92. The molecule has 3 rings (SSSR count). The van der Waals surface area contributed by atoms with Crippen molar-refractivity contribution in [2.45, 2.75) is 6.61 Å². The SMILES string of the molecule is COc1ccc(NC(=O)COc2cc(Cl)c(Cl)cc2Cl)cc1OCc1cccnc1. The molecule has 0 aliphatic heterocycles. The van der Waals surface area contributed by atoms with Gasteiger partial charge < -0.3 is 19.5 Å². The van der Waals surface area contributed by atoms with Crippen molar-refractivity contribution in [3.63, 3.8) is 0 Å². The van der Waals surface area contributed by atoms with E-state index >= 15 is 0 Å². The van der Waals surface area contributed by atoms with Gasteiger partial charge in [0.2, 0.25) is 0 Å². The molecule has 1 aromatic heterocycles. The molecule has 1 heterocycles. The molecule has 3 aromatic rings. The van der Waals surface area contributed by atoms with Gasteiger partial charge in [-0.3, -0.25) is 9.78 Å². The number of carbonyl (C=O) groups is 1. The minimum atomic E-state index is -0.388. The van der Waals surface area contributed by atoms with Crippen molar-refractivity contribution in [1.82, 2.24) is 4.98 Å². The van der Waals surface area contributed by atoms with E-state index in [1.54, 1.807) is 37.7 Å². The van der Waals surface area contributed by atoms with Crippen LogP contribution in [0.1, 0.15) is 5.56 Å². The van der Waals surface area contributed by atoms with Crippen LogP contribution in [0.2, 0.25) is 15.1 Å². The van der Waals surface area contributed by atoms with Gasteiger partial charge in [0, 0.05) is 35.8 Å². The minimum absolute atomic E-state index is 0.257. The predicted octanol–water partition coefficient (Wildman–Crippen LogP) is 5.65. The Hall–Kier alpha value is -2.67. The number of aromatic nitrogens is 1. The molecule has 0 spiro atoms. The van der Waals surface area contributed by atoms with Gasteiger partial charge in [-0.15, -0.1) is 0 Å². The Morgan fingerprint density at radius 2 is 1.77 bits per heavy atom. The molecule has 1 N–H and O–H groups in total. The molecule has 0 atom stereocenters. The highest BCUT2D eigenvalue weighted by Crippen LogP contribution is 2.34. The fraction of sp³-hybridized carbons (Fsp3) is 0.143. The number of hydrogen-bond acceptors (Lipinski definition) is 5. The maximum absolute atomic E-state index is 12.3. The molecule has 2 aromatic carbocycles. The average Bonchev–Trinajstić information content (AvgIpc) is 2.74. The summed E-state index contributed by atoms with van der Waals surface area (Å²) in [7, 11) is 1.54. The van der Waals surface area contributed by atoms with Crippen LogP contribution in [0.4, 0.5) is 5.69 Å². The molecular weight excluding hydrogens is 451 g/mol. The maximum atomic E-state index is 12.3. The monoisotopic (exact) mass is 466 g/mol. The zero-order valence-electron chi connectivity index (χ0n) is 15.8. The van der Waals surface area contributed by atoms with Crippen LogP contribution in [0, 0.1) is 0 Å². The number of hydrogen-bond donors (Lipinski definition) is 1. The molecule has 0 aliphatic carbocycles. The standard InChI is InChI=1S/C21H17Cl3N2O4/c1-28-18-5-4-14(7-20(18)29-11-13-3-2-6-25-10-13)26-21(27)12-30-19-9-16(23)15(22)8-17(19)24/h2-10H,11-12H2,1H3,(H,26,27). The fourth-order valence-electron chi connectivity index (χ4n) is 2.47. The topological polar surface area (TPSA) is 69.7 Å². The van der Waals surface area contributed by atoms with Crippen molar-refractivity contribution in [3.05, 3.63) is 75.5 Å². The number of nitrogens with zero attached hydrogens (tertiary/aromatic N) is 1. The highest BCUT2D eigenvalue weighted by molar-refractivity contribution is 6.43. The molecule has 9 heteroatoms. The van der Waals surface area contributed by atoms with Crippen molar-refractivity contribution in [3.8, 4) is 17.2 Å². The van der Waals surface area contributed by atoms with Gasteiger partial charge >= 0.3 is 0 Å². The predicted molar refractivity (Wildman–Crippen MR) is 117 cm³/mol. The Kier molecular flexibility index (Phi) is 7.63. The smallest absolute Gasteiger partial charge is 0.262 e. The first-order chi connectivity index (χ1) is 14.5. The number of amides is 1. The van der Waals surface area contributed by atoms with Crippen molar-refractivity contribution in [1.29, 1.82) is 0 Å². The van der Waals surface area contributed by atoms with E-state index in [1.165, 1.54) is 12.1 Å². The second kappa shape index (κ2) is 10.4. The summed E-state index contributed by atoms with van der Waals surface area (Å²) in [6.07, 6.45) is 3.40. The molecule has 0 aliphatic rings. The number of nitrogens with one attached hydrogen (secondary N) is 1. The first kappa shape index (κ1) is 22.0. The van der Waals surface area contributed by atoms with Crippen LogP contribution < -0.4 is 19.5 Å². The van der Waals surface area contributed by atoms with Gasteiger partial charge in [-0.1, -0.05) is 40.9 Å². The summed E-state index contributed by atoms with van der Waals surface area (Å²) in [4.78, 5) is 16.3. The number of benzene rings is 2. The van der Waals surface area contributed by atoms with Gasteiger partial charge in [0.15, 0.2) is 18.1 Å². The van der Waals surface area contributed by atoms with Crippen molar-refractivity contribution in [2.24, 2.45) is 0 Å². The Bertz CT molecular complexity index is 1030. The summed E-state index contributed by atoms with van der Waals surface area (Å²) < 4.78 is 16.6. The van der Waals surface area contributed by atoms with E-state index in [-0.39, 0.29) is 28.3 Å². The molecule has 0 radical (unpaired) electrons. The number of ether oxygens (including phenoxy) is 3. The number of methoxy groups -OCH3 is 1. The quantitative estimate of drug-likeness (QED) is 0.434. The molecule has 6 nitrogen and oxygen atoms in total. The highest BCUT2D eigenvalue weighted by atomic mass is 35.5.